The van der Waals surface area contributed by atoms with Crippen LogP contribution in [0.15, 0.2) is 24.3 Å². The number of nitrogens with one attached hydrogen (secondary N) is 1. The molecule has 1 atom stereocenters. The summed E-state index contributed by atoms with van der Waals surface area (Å²) in [5.41, 5.74) is 1.47. The number of hydrogen-bond acceptors (Lipinski definition) is 2. The number of likely N-dealkylation sites (tertiary alicyclic amines) is 1. The second-order valence-corrected chi connectivity index (χ2v) is 5.64. The van der Waals surface area contributed by atoms with Crippen molar-refractivity contribution in [3.63, 3.8) is 0 Å². The molecule has 0 aromatic rings. The van der Waals surface area contributed by atoms with Crippen molar-refractivity contribution in [2.75, 3.05) is 19.6 Å². The minimum atomic E-state index is -0.192. The van der Waals surface area contributed by atoms with Crippen molar-refractivity contribution in [3.8, 4) is 0 Å². The Labute approximate surface area is 120 Å². The Hall–Kier alpha value is -1.58. The number of nitrogens with zero attached hydrogens (tertiary/aromatic N) is 1. The topological polar surface area (TPSA) is 49.4 Å². The van der Waals surface area contributed by atoms with Gasteiger partial charge in [0.25, 0.3) is 0 Å². The summed E-state index contributed by atoms with van der Waals surface area (Å²) >= 11 is 0. The number of carbonyl (C=O) groups is 2. The maximum absolute atomic E-state index is 12.0. The average molecular weight is 276 g/mol. The monoisotopic (exact) mass is 276 g/mol. The molecule has 2 aliphatic rings. The van der Waals surface area contributed by atoms with Crippen LogP contribution in [0.2, 0.25) is 0 Å². The van der Waals surface area contributed by atoms with E-state index in [9.17, 15) is 9.59 Å². The number of amides is 2. The average Bonchev–Trinajstić information content (AvgIpc) is 2.82. The van der Waals surface area contributed by atoms with Gasteiger partial charge in [0, 0.05) is 26.1 Å². The van der Waals surface area contributed by atoms with Crippen molar-refractivity contribution < 1.29 is 9.59 Å². The molecule has 0 spiro atoms. The molecule has 4 nitrogen and oxygen atoms in total. The minimum absolute atomic E-state index is 0.0151. The molecule has 2 amide bonds. The first kappa shape index (κ1) is 14.8. The quantitative estimate of drug-likeness (QED) is 0.755. The normalized spacial score (nSPS) is 22.6. The van der Waals surface area contributed by atoms with Gasteiger partial charge in [-0.05, 0) is 32.1 Å². The van der Waals surface area contributed by atoms with Gasteiger partial charge in [0.1, 0.15) is 0 Å². The van der Waals surface area contributed by atoms with Crippen LogP contribution in [0.5, 0.6) is 0 Å². The van der Waals surface area contributed by atoms with E-state index in [0.29, 0.717) is 26.1 Å². The lowest BCUT2D eigenvalue weighted by Gasteiger charge is -2.15. The van der Waals surface area contributed by atoms with E-state index in [1.165, 1.54) is 31.3 Å². The standard InChI is InChI=1S/C16H24N2O2/c1-2-10-18-12-14(11-15(18)19)16(20)17-9-8-13-6-4-3-5-7-13/h2,6,14H,1,3-5,7-12H2,(H,17,20)/t14-/m1/s1. The molecule has 0 saturated carbocycles. The minimum Gasteiger partial charge on any atom is -0.355 e. The van der Waals surface area contributed by atoms with Crippen LogP contribution in [0.25, 0.3) is 0 Å². The van der Waals surface area contributed by atoms with E-state index in [4.69, 9.17) is 0 Å². The Kier molecular flexibility index (Phi) is 5.39. The summed E-state index contributed by atoms with van der Waals surface area (Å²) in [6.07, 6.45) is 10.2. The summed E-state index contributed by atoms with van der Waals surface area (Å²) in [5, 5.41) is 2.97. The highest BCUT2D eigenvalue weighted by atomic mass is 16.2. The lowest BCUT2D eigenvalue weighted by molar-refractivity contribution is -0.128. The zero-order valence-electron chi connectivity index (χ0n) is 12.1. The summed E-state index contributed by atoms with van der Waals surface area (Å²) in [5.74, 6) is -0.121. The van der Waals surface area contributed by atoms with Crippen LogP contribution in [-0.4, -0.2) is 36.3 Å². The van der Waals surface area contributed by atoms with Crippen molar-refractivity contribution in [1.29, 1.82) is 0 Å². The maximum Gasteiger partial charge on any atom is 0.225 e. The highest BCUT2D eigenvalue weighted by molar-refractivity contribution is 5.89. The van der Waals surface area contributed by atoms with E-state index < -0.39 is 0 Å². The van der Waals surface area contributed by atoms with Crippen LogP contribution < -0.4 is 5.32 Å². The van der Waals surface area contributed by atoms with E-state index in [1.807, 2.05) is 0 Å². The fourth-order valence-electron chi connectivity index (χ4n) is 2.90. The molecule has 0 aromatic heterocycles. The van der Waals surface area contributed by atoms with Crippen LogP contribution >= 0.6 is 0 Å². The molecule has 2 rings (SSSR count). The van der Waals surface area contributed by atoms with Gasteiger partial charge < -0.3 is 10.2 Å². The second kappa shape index (κ2) is 7.27. The summed E-state index contributed by atoms with van der Waals surface area (Å²) in [4.78, 5) is 25.4. The zero-order valence-corrected chi connectivity index (χ0v) is 12.1. The van der Waals surface area contributed by atoms with Crippen molar-refractivity contribution in [2.45, 2.75) is 38.5 Å². The molecule has 110 valence electrons. The summed E-state index contributed by atoms with van der Waals surface area (Å²) in [6.45, 7) is 5.38. The van der Waals surface area contributed by atoms with Crippen LogP contribution in [0.3, 0.4) is 0 Å². The zero-order chi connectivity index (χ0) is 14.4. The van der Waals surface area contributed by atoms with Gasteiger partial charge in [0.05, 0.1) is 5.92 Å². The summed E-state index contributed by atoms with van der Waals surface area (Å²) in [7, 11) is 0. The smallest absolute Gasteiger partial charge is 0.225 e. The Bertz CT molecular complexity index is 415. The van der Waals surface area contributed by atoms with Crippen LogP contribution in [0.1, 0.15) is 38.5 Å². The Balaban J connectivity index is 1.71. The SMILES string of the molecule is C=CCN1C[C@H](C(=O)NCCC2=CCCCC2)CC1=O. The van der Waals surface area contributed by atoms with Crippen molar-refractivity contribution in [3.05, 3.63) is 24.3 Å². The first-order chi connectivity index (χ1) is 9.70. The molecule has 0 aromatic carbocycles. The number of rotatable bonds is 6. The van der Waals surface area contributed by atoms with E-state index in [-0.39, 0.29) is 17.7 Å². The molecule has 1 fully saturated rings. The van der Waals surface area contributed by atoms with E-state index in [0.717, 1.165) is 6.42 Å². The Morgan fingerprint density at radius 2 is 2.35 bits per heavy atom. The van der Waals surface area contributed by atoms with Gasteiger partial charge in [-0.2, -0.15) is 0 Å². The fourth-order valence-corrected chi connectivity index (χ4v) is 2.90. The first-order valence-corrected chi connectivity index (χ1v) is 7.55. The molecule has 1 aliphatic heterocycles. The lowest BCUT2D eigenvalue weighted by atomic mass is 9.97. The van der Waals surface area contributed by atoms with Crippen LogP contribution in [0, 0.1) is 5.92 Å². The molecule has 4 heteroatoms. The number of carbonyl (C=O) groups excluding carboxylic acids is 2. The van der Waals surface area contributed by atoms with Crippen molar-refractivity contribution >= 4 is 11.8 Å². The van der Waals surface area contributed by atoms with Crippen LogP contribution in [0.4, 0.5) is 0 Å². The van der Waals surface area contributed by atoms with E-state index in [1.54, 1.807) is 11.0 Å². The first-order valence-electron chi connectivity index (χ1n) is 7.55. The highest BCUT2D eigenvalue weighted by Crippen LogP contribution is 2.20. The molecular weight excluding hydrogens is 252 g/mol. The van der Waals surface area contributed by atoms with Gasteiger partial charge >= 0.3 is 0 Å². The van der Waals surface area contributed by atoms with E-state index in [2.05, 4.69) is 18.0 Å². The Morgan fingerprint density at radius 3 is 3.05 bits per heavy atom. The summed E-state index contributed by atoms with van der Waals surface area (Å²) in [6, 6.07) is 0. The maximum atomic E-state index is 12.0. The molecule has 0 radical (unpaired) electrons. The van der Waals surface area contributed by atoms with Gasteiger partial charge in [0.2, 0.25) is 11.8 Å². The molecule has 0 unspecified atom stereocenters. The lowest BCUT2D eigenvalue weighted by Crippen LogP contribution is -2.33. The predicted octanol–water partition coefficient (Wildman–Crippen LogP) is 2.03. The predicted molar refractivity (Wildman–Crippen MR) is 79.1 cm³/mol. The fraction of sp³-hybridized carbons (Fsp3) is 0.625. The van der Waals surface area contributed by atoms with Gasteiger partial charge in [-0.25, -0.2) is 0 Å². The third-order valence-corrected chi connectivity index (χ3v) is 4.07. The van der Waals surface area contributed by atoms with Gasteiger partial charge in [-0.1, -0.05) is 17.7 Å². The largest absolute Gasteiger partial charge is 0.355 e. The summed E-state index contributed by atoms with van der Waals surface area (Å²) < 4.78 is 0. The molecule has 1 saturated heterocycles. The second-order valence-electron chi connectivity index (χ2n) is 5.64. The molecule has 1 N–H and O–H groups in total. The third kappa shape index (κ3) is 3.95. The molecule has 1 aliphatic carbocycles. The van der Waals surface area contributed by atoms with Gasteiger partial charge in [-0.3, -0.25) is 9.59 Å². The van der Waals surface area contributed by atoms with Gasteiger partial charge in [0.15, 0.2) is 0 Å². The molecule has 20 heavy (non-hydrogen) atoms. The number of allylic oxidation sites excluding steroid dienone is 1. The number of hydrogen-bond donors (Lipinski definition) is 1. The van der Waals surface area contributed by atoms with Crippen molar-refractivity contribution in [1.82, 2.24) is 10.2 Å². The third-order valence-electron chi connectivity index (χ3n) is 4.07. The van der Waals surface area contributed by atoms with Crippen molar-refractivity contribution in [2.24, 2.45) is 5.92 Å². The molecule has 1 heterocycles. The molecular formula is C16H24N2O2. The van der Waals surface area contributed by atoms with Crippen LogP contribution in [-0.2, 0) is 9.59 Å². The van der Waals surface area contributed by atoms with E-state index >= 15 is 0 Å². The Morgan fingerprint density at radius 1 is 1.50 bits per heavy atom. The van der Waals surface area contributed by atoms with Gasteiger partial charge in [-0.15, -0.1) is 6.58 Å². The highest BCUT2D eigenvalue weighted by Gasteiger charge is 2.33. The molecule has 0 bridgehead atoms.